The summed E-state index contributed by atoms with van der Waals surface area (Å²) in [5.74, 6) is 3.51. The van der Waals surface area contributed by atoms with E-state index in [0.717, 1.165) is 36.5 Å². The number of nitrogens with one attached hydrogen (secondary N) is 1. The first-order valence-corrected chi connectivity index (χ1v) is 8.63. The molecule has 4 unspecified atom stereocenters. The van der Waals surface area contributed by atoms with Crippen LogP contribution in [-0.4, -0.2) is 12.6 Å². The Bertz CT molecular complexity index is 470. The molecule has 1 aliphatic heterocycles. The first kappa shape index (κ1) is 14.9. The molecule has 0 aromatic heterocycles. The lowest BCUT2D eigenvalue weighted by atomic mass is 9.73. The first-order valence-electron chi connectivity index (χ1n) is 8.63. The number of para-hydroxylation sites is 1. The maximum atomic E-state index is 5.80. The molecule has 1 fully saturated rings. The normalized spacial score (nSPS) is 32.6. The van der Waals surface area contributed by atoms with Crippen molar-refractivity contribution in [3.63, 3.8) is 0 Å². The van der Waals surface area contributed by atoms with Gasteiger partial charge in [0.1, 0.15) is 5.75 Å². The van der Waals surface area contributed by atoms with Crippen LogP contribution < -0.4 is 10.1 Å². The van der Waals surface area contributed by atoms with Gasteiger partial charge in [-0.25, -0.2) is 0 Å². The molecule has 4 atom stereocenters. The van der Waals surface area contributed by atoms with E-state index in [4.69, 9.17) is 4.74 Å². The van der Waals surface area contributed by atoms with E-state index in [1.165, 1.54) is 24.8 Å². The van der Waals surface area contributed by atoms with E-state index in [2.05, 4.69) is 50.4 Å². The van der Waals surface area contributed by atoms with Crippen LogP contribution in [0.25, 0.3) is 0 Å². The van der Waals surface area contributed by atoms with Crippen molar-refractivity contribution in [2.45, 2.75) is 58.5 Å². The SMILES string of the molecule is CC1CCC(C(C)C)C(NC2CCOc3ccccc32)C1. The third kappa shape index (κ3) is 3.26. The number of fused-ring (bicyclic) bond motifs is 1. The highest BCUT2D eigenvalue weighted by atomic mass is 16.5. The van der Waals surface area contributed by atoms with Crippen molar-refractivity contribution < 1.29 is 4.74 Å². The minimum absolute atomic E-state index is 0.464. The summed E-state index contributed by atoms with van der Waals surface area (Å²) in [6.07, 6.45) is 5.18. The molecule has 0 amide bonds. The Balaban J connectivity index is 1.76. The maximum absolute atomic E-state index is 5.80. The second kappa shape index (κ2) is 6.39. The van der Waals surface area contributed by atoms with Crippen LogP contribution in [-0.2, 0) is 0 Å². The summed E-state index contributed by atoms with van der Waals surface area (Å²) in [7, 11) is 0. The van der Waals surface area contributed by atoms with Crippen molar-refractivity contribution in [3.8, 4) is 5.75 Å². The Kier molecular flexibility index (Phi) is 4.54. The predicted molar refractivity (Wildman–Crippen MR) is 87.6 cm³/mol. The number of hydrogen-bond acceptors (Lipinski definition) is 2. The first-order chi connectivity index (χ1) is 10.1. The zero-order chi connectivity index (χ0) is 14.8. The van der Waals surface area contributed by atoms with E-state index in [9.17, 15) is 0 Å². The number of benzene rings is 1. The molecule has 1 heterocycles. The Morgan fingerprint density at radius 1 is 1.14 bits per heavy atom. The third-order valence-corrected chi connectivity index (χ3v) is 5.40. The van der Waals surface area contributed by atoms with Crippen LogP contribution in [0.1, 0.15) is 58.1 Å². The fourth-order valence-electron chi connectivity index (χ4n) is 4.17. The zero-order valence-electron chi connectivity index (χ0n) is 13.6. The van der Waals surface area contributed by atoms with Gasteiger partial charge in [0, 0.05) is 24.1 Å². The molecule has 21 heavy (non-hydrogen) atoms. The lowest BCUT2D eigenvalue weighted by Crippen LogP contribution is -2.45. The summed E-state index contributed by atoms with van der Waals surface area (Å²) in [6, 6.07) is 9.65. The molecule has 116 valence electrons. The van der Waals surface area contributed by atoms with Crippen LogP contribution in [0.15, 0.2) is 24.3 Å². The minimum atomic E-state index is 0.464. The molecule has 0 bridgehead atoms. The smallest absolute Gasteiger partial charge is 0.124 e. The number of hydrogen-bond donors (Lipinski definition) is 1. The van der Waals surface area contributed by atoms with Crippen molar-refractivity contribution in [2.24, 2.45) is 17.8 Å². The Hall–Kier alpha value is -1.02. The molecule has 2 nitrogen and oxygen atoms in total. The van der Waals surface area contributed by atoms with E-state index in [1.807, 2.05) is 0 Å². The molecular formula is C19H29NO. The topological polar surface area (TPSA) is 21.3 Å². The second-order valence-corrected chi connectivity index (χ2v) is 7.33. The molecule has 2 heteroatoms. The fraction of sp³-hybridized carbons (Fsp3) is 0.684. The molecule has 1 aromatic rings. The van der Waals surface area contributed by atoms with E-state index in [1.54, 1.807) is 0 Å². The number of rotatable bonds is 3. The lowest BCUT2D eigenvalue weighted by molar-refractivity contribution is 0.146. The van der Waals surface area contributed by atoms with Gasteiger partial charge in [-0.15, -0.1) is 0 Å². The molecule has 1 saturated carbocycles. The van der Waals surface area contributed by atoms with Gasteiger partial charge in [0.05, 0.1) is 6.61 Å². The zero-order valence-corrected chi connectivity index (χ0v) is 13.6. The monoisotopic (exact) mass is 287 g/mol. The van der Waals surface area contributed by atoms with Crippen molar-refractivity contribution in [2.75, 3.05) is 6.61 Å². The van der Waals surface area contributed by atoms with Gasteiger partial charge >= 0.3 is 0 Å². The quantitative estimate of drug-likeness (QED) is 0.880. The van der Waals surface area contributed by atoms with Gasteiger partial charge < -0.3 is 10.1 Å². The second-order valence-electron chi connectivity index (χ2n) is 7.33. The van der Waals surface area contributed by atoms with Gasteiger partial charge in [-0.2, -0.15) is 0 Å². The van der Waals surface area contributed by atoms with Gasteiger partial charge in [-0.05, 0) is 36.7 Å². The summed E-state index contributed by atoms with van der Waals surface area (Å²) in [6.45, 7) is 8.01. The highest BCUT2D eigenvalue weighted by molar-refractivity contribution is 5.37. The Labute approximate surface area is 129 Å². The van der Waals surface area contributed by atoms with Crippen LogP contribution >= 0.6 is 0 Å². The average Bonchev–Trinajstić information content (AvgIpc) is 2.47. The summed E-state index contributed by atoms with van der Waals surface area (Å²) in [5, 5.41) is 4.00. The molecule has 1 aliphatic carbocycles. The van der Waals surface area contributed by atoms with Gasteiger partial charge in [-0.3, -0.25) is 0 Å². The van der Waals surface area contributed by atoms with Gasteiger partial charge in [-0.1, -0.05) is 45.4 Å². The van der Waals surface area contributed by atoms with Crippen LogP contribution in [0.4, 0.5) is 0 Å². The maximum Gasteiger partial charge on any atom is 0.124 e. The van der Waals surface area contributed by atoms with Gasteiger partial charge in [0.2, 0.25) is 0 Å². The van der Waals surface area contributed by atoms with Crippen molar-refractivity contribution in [1.29, 1.82) is 0 Å². The highest BCUT2D eigenvalue weighted by Crippen LogP contribution is 2.37. The number of ether oxygens (including phenoxy) is 1. The predicted octanol–water partition coefficient (Wildman–Crippen LogP) is 4.56. The summed E-state index contributed by atoms with van der Waals surface area (Å²) < 4.78 is 5.80. The fourth-order valence-corrected chi connectivity index (χ4v) is 4.17. The summed E-state index contributed by atoms with van der Waals surface area (Å²) in [4.78, 5) is 0. The molecule has 1 N–H and O–H groups in total. The van der Waals surface area contributed by atoms with E-state index in [-0.39, 0.29) is 0 Å². The van der Waals surface area contributed by atoms with Crippen molar-refractivity contribution in [3.05, 3.63) is 29.8 Å². The molecule has 0 saturated heterocycles. The third-order valence-electron chi connectivity index (χ3n) is 5.40. The standard InChI is InChI=1S/C19H29NO/c1-13(2)15-9-8-14(3)12-18(15)20-17-10-11-21-19-7-5-4-6-16(17)19/h4-7,13-15,17-18,20H,8-12H2,1-3H3. The average molecular weight is 287 g/mol. The molecule has 0 radical (unpaired) electrons. The van der Waals surface area contributed by atoms with Crippen LogP contribution in [0.5, 0.6) is 5.75 Å². The Morgan fingerprint density at radius 3 is 2.76 bits per heavy atom. The molecule has 1 aromatic carbocycles. The highest BCUT2D eigenvalue weighted by Gasteiger charge is 2.33. The summed E-state index contributed by atoms with van der Waals surface area (Å²) >= 11 is 0. The van der Waals surface area contributed by atoms with E-state index in [0.29, 0.717) is 12.1 Å². The Morgan fingerprint density at radius 2 is 1.95 bits per heavy atom. The van der Waals surface area contributed by atoms with Crippen molar-refractivity contribution >= 4 is 0 Å². The van der Waals surface area contributed by atoms with Gasteiger partial charge in [0.15, 0.2) is 0 Å². The summed E-state index contributed by atoms with van der Waals surface area (Å²) in [5.41, 5.74) is 1.35. The molecule has 3 rings (SSSR count). The largest absolute Gasteiger partial charge is 0.493 e. The lowest BCUT2D eigenvalue weighted by Gasteiger charge is -2.41. The van der Waals surface area contributed by atoms with Crippen molar-refractivity contribution in [1.82, 2.24) is 5.32 Å². The van der Waals surface area contributed by atoms with Gasteiger partial charge in [0.25, 0.3) is 0 Å². The molecule has 0 spiro atoms. The molecule has 2 aliphatic rings. The van der Waals surface area contributed by atoms with Crippen LogP contribution in [0, 0.1) is 17.8 Å². The van der Waals surface area contributed by atoms with E-state index >= 15 is 0 Å². The van der Waals surface area contributed by atoms with E-state index < -0.39 is 0 Å². The van der Waals surface area contributed by atoms with Crippen LogP contribution in [0.2, 0.25) is 0 Å². The van der Waals surface area contributed by atoms with Crippen LogP contribution in [0.3, 0.4) is 0 Å². The molecular weight excluding hydrogens is 258 g/mol. The minimum Gasteiger partial charge on any atom is -0.493 e.